The molecule has 1 fully saturated rings. The monoisotopic (exact) mass is 346 g/mol. The van der Waals surface area contributed by atoms with E-state index in [1.54, 1.807) is 6.26 Å². The molecule has 2 unspecified atom stereocenters. The smallest absolute Gasteiger partial charge is 0.132 e. The summed E-state index contributed by atoms with van der Waals surface area (Å²) in [4.78, 5) is 2.43. The molecule has 3 rings (SSSR count). The molecule has 0 saturated carbocycles. The molecule has 0 radical (unpaired) electrons. The van der Waals surface area contributed by atoms with Crippen molar-refractivity contribution in [1.29, 1.82) is 0 Å². The number of hydrogen-bond donors (Lipinski definition) is 1. The molecular formula is C20H30N2O3. The summed E-state index contributed by atoms with van der Waals surface area (Å²) in [7, 11) is 0. The molecule has 3 heterocycles. The van der Waals surface area contributed by atoms with Crippen LogP contribution in [0.3, 0.4) is 0 Å². The molecule has 5 heteroatoms. The first-order valence-corrected chi connectivity index (χ1v) is 9.30. The maximum Gasteiger partial charge on any atom is 0.132 e. The van der Waals surface area contributed by atoms with Crippen molar-refractivity contribution in [2.75, 3.05) is 19.8 Å². The van der Waals surface area contributed by atoms with Gasteiger partial charge in [0.15, 0.2) is 0 Å². The molecule has 2 atom stereocenters. The highest BCUT2D eigenvalue weighted by Gasteiger charge is 2.27. The molecule has 5 nitrogen and oxygen atoms in total. The van der Waals surface area contributed by atoms with E-state index in [1.807, 2.05) is 12.1 Å². The molecular weight excluding hydrogens is 316 g/mol. The lowest BCUT2D eigenvalue weighted by molar-refractivity contribution is -0.0331. The number of rotatable bonds is 8. The fourth-order valence-corrected chi connectivity index (χ4v) is 3.39. The van der Waals surface area contributed by atoms with Gasteiger partial charge in [-0.2, -0.15) is 0 Å². The molecule has 138 valence electrons. The highest BCUT2D eigenvalue weighted by atomic mass is 16.5. The van der Waals surface area contributed by atoms with Gasteiger partial charge in [-0.15, -0.1) is 0 Å². The predicted molar refractivity (Wildman–Crippen MR) is 97.2 cm³/mol. The molecule has 1 aliphatic rings. The van der Waals surface area contributed by atoms with Crippen molar-refractivity contribution in [2.24, 2.45) is 5.92 Å². The summed E-state index contributed by atoms with van der Waals surface area (Å²) in [5, 5.41) is 10.4. The average Bonchev–Trinajstić information content (AvgIpc) is 3.26. The summed E-state index contributed by atoms with van der Waals surface area (Å²) >= 11 is 0. The second kappa shape index (κ2) is 8.70. The highest BCUT2D eigenvalue weighted by Crippen LogP contribution is 2.24. The maximum atomic E-state index is 10.4. The molecule has 1 saturated heterocycles. The van der Waals surface area contributed by atoms with E-state index in [-0.39, 0.29) is 6.04 Å². The Morgan fingerprint density at radius 3 is 2.92 bits per heavy atom. The molecule has 0 bridgehead atoms. The van der Waals surface area contributed by atoms with Crippen molar-refractivity contribution in [1.82, 2.24) is 9.47 Å². The first-order valence-electron chi connectivity index (χ1n) is 9.30. The van der Waals surface area contributed by atoms with Gasteiger partial charge in [-0.1, -0.05) is 13.8 Å². The van der Waals surface area contributed by atoms with Gasteiger partial charge in [-0.05, 0) is 43.0 Å². The number of aromatic nitrogens is 1. The van der Waals surface area contributed by atoms with Crippen molar-refractivity contribution in [3.05, 3.63) is 48.2 Å². The lowest BCUT2D eigenvalue weighted by Crippen LogP contribution is -2.45. The van der Waals surface area contributed by atoms with Gasteiger partial charge in [-0.25, -0.2) is 0 Å². The zero-order chi connectivity index (χ0) is 17.6. The van der Waals surface area contributed by atoms with Crippen LogP contribution in [0.15, 0.2) is 41.1 Å². The third-order valence-corrected chi connectivity index (χ3v) is 4.95. The van der Waals surface area contributed by atoms with Crippen LogP contribution in [0.25, 0.3) is 0 Å². The fraction of sp³-hybridized carbons (Fsp3) is 0.600. The summed E-state index contributed by atoms with van der Waals surface area (Å²) in [5.74, 6) is 1.33. The lowest BCUT2D eigenvalue weighted by atomic mass is 10.0. The van der Waals surface area contributed by atoms with Gasteiger partial charge < -0.3 is 18.8 Å². The van der Waals surface area contributed by atoms with Gasteiger partial charge in [0.25, 0.3) is 0 Å². The van der Waals surface area contributed by atoms with Crippen LogP contribution in [-0.2, 0) is 17.8 Å². The van der Waals surface area contributed by atoms with E-state index in [0.29, 0.717) is 24.7 Å². The van der Waals surface area contributed by atoms with Gasteiger partial charge in [0.2, 0.25) is 0 Å². The number of aliphatic hydroxyl groups excluding tert-OH is 1. The summed E-state index contributed by atoms with van der Waals surface area (Å²) in [6.07, 6.45) is 5.00. The Bertz CT molecular complexity index is 621. The van der Waals surface area contributed by atoms with Crippen LogP contribution in [0.5, 0.6) is 0 Å². The first kappa shape index (κ1) is 18.2. The van der Waals surface area contributed by atoms with Crippen LogP contribution in [0.2, 0.25) is 0 Å². The van der Waals surface area contributed by atoms with Crippen LogP contribution < -0.4 is 0 Å². The predicted octanol–water partition coefficient (Wildman–Crippen LogP) is 3.45. The van der Waals surface area contributed by atoms with Crippen LogP contribution in [0.1, 0.15) is 44.2 Å². The van der Waals surface area contributed by atoms with Gasteiger partial charge in [0, 0.05) is 37.6 Å². The fourth-order valence-electron chi connectivity index (χ4n) is 3.39. The quantitative estimate of drug-likeness (QED) is 0.795. The molecule has 0 aliphatic carbocycles. The van der Waals surface area contributed by atoms with E-state index < -0.39 is 6.10 Å². The van der Waals surface area contributed by atoms with Crippen LogP contribution in [0, 0.1) is 5.92 Å². The Kier molecular flexibility index (Phi) is 6.34. The largest absolute Gasteiger partial charge is 0.467 e. The normalized spacial score (nSPS) is 20.2. The second-order valence-corrected chi connectivity index (χ2v) is 7.34. The summed E-state index contributed by atoms with van der Waals surface area (Å²) in [5.41, 5.74) is 1.33. The number of morpholine rings is 1. The van der Waals surface area contributed by atoms with E-state index in [2.05, 4.69) is 41.6 Å². The summed E-state index contributed by atoms with van der Waals surface area (Å²) in [6.45, 7) is 8.78. The number of ether oxygens (including phenoxy) is 1. The van der Waals surface area contributed by atoms with Gasteiger partial charge in [0.1, 0.15) is 11.9 Å². The number of furan rings is 1. The zero-order valence-corrected chi connectivity index (χ0v) is 15.3. The Labute approximate surface area is 150 Å². The number of nitrogens with zero attached hydrogens (tertiary/aromatic N) is 2. The van der Waals surface area contributed by atoms with Gasteiger partial charge in [-0.3, -0.25) is 4.90 Å². The van der Waals surface area contributed by atoms with E-state index in [1.165, 1.54) is 12.1 Å². The molecule has 0 aromatic carbocycles. The molecule has 0 spiro atoms. The molecule has 2 aromatic rings. The minimum Gasteiger partial charge on any atom is -0.467 e. The Hall–Kier alpha value is -1.56. The molecule has 2 aromatic heterocycles. The van der Waals surface area contributed by atoms with E-state index in [9.17, 15) is 5.11 Å². The van der Waals surface area contributed by atoms with Crippen molar-refractivity contribution in [3.63, 3.8) is 0 Å². The summed E-state index contributed by atoms with van der Waals surface area (Å²) < 4.78 is 13.4. The third-order valence-electron chi connectivity index (χ3n) is 4.95. The molecule has 1 N–H and O–H groups in total. The van der Waals surface area contributed by atoms with Crippen molar-refractivity contribution >= 4 is 0 Å². The average molecular weight is 346 g/mol. The Morgan fingerprint density at radius 2 is 2.16 bits per heavy atom. The zero-order valence-electron chi connectivity index (χ0n) is 15.3. The van der Waals surface area contributed by atoms with Gasteiger partial charge >= 0.3 is 0 Å². The Morgan fingerprint density at radius 1 is 1.28 bits per heavy atom. The summed E-state index contributed by atoms with van der Waals surface area (Å²) in [6, 6.07) is 8.17. The first-order chi connectivity index (χ1) is 12.1. The van der Waals surface area contributed by atoms with Gasteiger partial charge in [0.05, 0.1) is 19.5 Å². The topological polar surface area (TPSA) is 50.8 Å². The molecule has 25 heavy (non-hydrogen) atoms. The van der Waals surface area contributed by atoms with E-state index in [0.717, 1.165) is 26.2 Å². The minimum atomic E-state index is -0.586. The maximum absolute atomic E-state index is 10.4. The lowest BCUT2D eigenvalue weighted by Gasteiger charge is -2.36. The van der Waals surface area contributed by atoms with E-state index in [4.69, 9.17) is 9.15 Å². The van der Waals surface area contributed by atoms with Crippen molar-refractivity contribution in [3.8, 4) is 0 Å². The number of aryl methyl sites for hydroxylation is 1. The van der Waals surface area contributed by atoms with Crippen LogP contribution >= 0.6 is 0 Å². The van der Waals surface area contributed by atoms with Crippen LogP contribution in [-0.4, -0.2) is 40.4 Å². The van der Waals surface area contributed by atoms with Crippen LogP contribution in [0.4, 0.5) is 0 Å². The number of hydrogen-bond acceptors (Lipinski definition) is 4. The van der Waals surface area contributed by atoms with Crippen molar-refractivity contribution < 1.29 is 14.3 Å². The molecule has 1 aliphatic heterocycles. The highest BCUT2D eigenvalue weighted by molar-refractivity contribution is 5.08. The standard InChI is InChI=1S/C20H30N2O3/c1-16(2)7-9-21-8-3-5-17(21)14-22-10-12-24-15-18(22)13-19(23)20-6-4-11-25-20/h3-6,8,11,16,18-19,23H,7,9-10,12-15H2,1-2H3. The van der Waals surface area contributed by atoms with Crippen molar-refractivity contribution in [2.45, 2.75) is 51.9 Å². The third kappa shape index (κ3) is 4.97. The minimum absolute atomic E-state index is 0.197. The number of aliphatic hydroxyl groups is 1. The SMILES string of the molecule is CC(C)CCn1cccc1CN1CCOCC1CC(O)c1ccco1. The second-order valence-electron chi connectivity index (χ2n) is 7.34. The van der Waals surface area contributed by atoms with E-state index >= 15 is 0 Å². The molecule has 0 amide bonds. The Balaban J connectivity index is 1.62.